The predicted octanol–water partition coefficient (Wildman–Crippen LogP) is 2.03. The summed E-state index contributed by atoms with van der Waals surface area (Å²) in [5, 5.41) is 0. The van der Waals surface area contributed by atoms with Crippen molar-refractivity contribution >= 4 is 44.4 Å². The Hall–Kier alpha value is -1.67. The van der Waals surface area contributed by atoms with Gasteiger partial charge in [0.1, 0.15) is 0 Å². The third-order valence-corrected chi connectivity index (χ3v) is 4.61. The summed E-state index contributed by atoms with van der Waals surface area (Å²) in [6, 6.07) is 1.99. The maximum Gasteiger partial charge on any atom is 0.278 e. The zero-order chi connectivity index (χ0) is 12.9. The highest BCUT2D eigenvalue weighted by atomic mass is 79.9. The molecule has 0 radical (unpaired) electrons. The minimum atomic E-state index is -0.316. The number of nitrogens with two attached hydrogens (primary N) is 1. The number of hydrogen-bond donors (Lipinski definition) is 3. The third-order valence-electron chi connectivity index (χ3n) is 2.47. The molecule has 0 aromatic carbocycles. The van der Waals surface area contributed by atoms with Crippen LogP contribution < -0.4 is 11.3 Å². The number of aromatic amines is 2. The van der Waals surface area contributed by atoms with Crippen LogP contribution in [0.5, 0.6) is 0 Å². The van der Waals surface area contributed by atoms with E-state index >= 15 is 0 Å². The molecular weight excluding hydrogens is 318 g/mol. The van der Waals surface area contributed by atoms with Gasteiger partial charge in [-0.2, -0.15) is 4.98 Å². The van der Waals surface area contributed by atoms with Crippen LogP contribution in [0.15, 0.2) is 14.6 Å². The number of aryl methyl sites for hydroxylation is 1. The largest absolute Gasteiger partial charge is 0.369 e. The summed E-state index contributed by atoms with van der Waals surface area (Å²) in [5.74, 6) is 0.682. The van der Waals surface area contributed by atoms with Crippen molar-refractivity contribution in [3.63, 3.8) is 0 Å². The van der Waals surface area contributed by atoms with E-state index in [2.05, 4.69) is 35.9 Å². The summed E-state index contributed by atoms with van der Waals surface area (Å²) < 4.78 is 1.04. The van der Waals surface area contributed by atoms with Crippen molar-refractivity contribution < 1.29 is 0 Å². The van der Waals surface area contributed by atoms with Gasteiger partial charge < -0.3 is 10.7 Å². The summed E-state index contributed by atoms with van der Waals surface area (Å²) in [4.78, 5) is 26.3. The van der Waals surface area contributed by atoms with Crippen molar-refractivity contribution in [3.8, 4) is 10.7 Å². The van der Waals surface area contributed by atoms with Gasteiger partial charge >= 0.3 is 0 Å². The Kier molecular flexibility index (Phi) is 2.49. The van der Waals surface area contributed by atoms with E-state index in [4.69, 9.17) is 5.73 Å². The minimum absolute atomic E-state index is 0.0640. The quantitative estimate of drug-likeness (QED) is 0.637. The molecule has 92 valence electrons. The highest BCUT2D eigenvalue weighted by molar-refractivity contribution is 9.11. The van der Waals surface area contributed by atoms with E-state index in [1.54, 1.807) is 11.3 Å². The van der Waals surface area contributed by atoms with Crippen LogP contribution in [-0.4, -0.2) is 19.9 Å². The van der Waals surface area contributed by atoms with E-state index < -0.39 is 0 Å². The van der Waals surface area contributed by atoms with Gasteiger partial charge in [0.25, 0.3) is 5.56 Å². The number of H-pyrrole nitrogens is 2. The molecule has 0 amide bonds. The predicted molar refractivity (Wildman–Crippen MR) is 74.7 cm³/mol. The molecule has 0 saturated carbocycles. The molecule has 3 aromatic rings. The fraction of sp³-hybridized carbons (Fsp3) is 0.100. The van der Waals surface area contributed by atoms with Crippen molar-refractivity contribution in [2.24, 2.45) is 0 Å². The first-order valence-electron chi connectivity index (χ1n) is 5.06. The summed E-state index contributed by atoms with van der Waals surface area (Å²) in [6.45, 7) is 2.00. The second kappa shape index (κ2) is 3.92. The van der Waals surface area contributed by atoms with Gasteiger partial charge in [0, 0.05) is 0 Å². The molecule has 0 aliphatic rings. The number of anilines is 1. The topological polar surface area (TPSA) is 100 Å². The van der Waals surface area contributed by atoms with Crippen LogP contribution in [0.25, 0.3) is 21.9 Å². The maximum absolute atomic E-state index is 11.7. The van der Waals surface area contributed by atoms with Crippen molar-refractivity contribution in [1.82, 2.24) is 19.9 Å². The first-order chi connectivity index (χ1) is 8.54. The summed E-state index contributed by atoms with van der Waals surface area (Å²) in [5.41, 5.74) is 6.94. The highest BCUT2D eigenvalue weighted by Gasteiger charge is 2.12. The van der Waals surface area contributed by atoms with Gasteiger partial charge in [-0.3, -0.25) is 9.78 Å². The standard InChI is InChI=1S/C10H8BrN5OS/c1-3-2-4(18-6(3)11)7-13-5-8(14-7)15-10(12)16-9(5)17/h2H,1H3,(H4,12,13,14,15,16,17). The third kappa shape index (κ3) is 1.73. The molecular formula is C10H8BrN5OS. The second-order valence-electron chi connectivity index (χ2n) is 3.80. The van der Waals surface area contributed by atoms with Crippen LogP contribution in [0.2, 0.25) is 0 Å². The van der Waals surface area contributed by atoms with Crippen LogP contribution in [0.4, 0.5) is 5.95 Å². The van der Waals surface area contributed by atoms with E-state index in [-0.39, 0.29) is 11.5 Å². The van der Waals surface area contributed by atoms with Gasteiger partial charge in [0.2, 0.25) is 5.95 Å². The van der Waals surface area contributed by atoms with Crippen LogP contribution in [0.1, 0.15) is 5.56 Å². The molecule has 8 heteroatoms. The van der Waals surface area contributed by atoms with Crippen LogP contribution in [0, 0.1) is 6.92 Å². The number of nitrogens with one attached hydrogen (secondary N) is 2. The van der Waals surface area contributed by atoms with E-state index in [0.29, 0.717) is 17.0 Å². The molecule has 6 nitrogen and oxygen atoms in total. The van der Waals surface area contributed by atoms with Crippen LogP contribution in [0.3, 0.4) is 0 Å². The first kappa shape index (κ1) is 11.4. The Labute approximate surface area is 113 Å². The fourth-order valence-electron chi connectivity index (χ4n) is 1.62. The first-order valence-corrected chi connectivity index (χ1v) is 6.67. The van der Waals surface area contributed by atoms with E-state index in [1.165, 1.54) is 0 Å². The van der Waals surface area contributed by atoms with Gasteiger partial charge in [-0.1, -0.05) is 0 Å². The molecule has 0 aliphatic carbocycles. The number of nitrogens with zero attached hydrogens (tertiary/aromatic N) is 2. The van der Waals surface area contributed by atoms with Crippen molar-refractivity contribution in [1.29, 1.82) is 0 Å². The van der Waals surface area contributed by atoms with E-state index in [9.17, 15) is 4.79 Å². The lowest BCUT2D eigenvalue weighted by Crippen LogP contribution is -2.10. The number of hydrogen-bond acceptors (Lipinski definition) is 5. The van der Waals surface area contributed by atoms with Gasteiger partial charge in [0.05, 0.1) is 8.66 Å². The molecule has 4 N–H and O–H groups in total. The maximum atomic E-state index is 11.7. The fourth-order valence-corrected chi connectivity index (χ4v) is 3.10. The van der Waals surface area contributed by atoms with Gasteiger partial charge in [0.15, 0.2) is 17.0 Å². The second-order valence-corrected chi connectivity index (χ2v) is 6.17. The molecule has 0 fully saturated rings. The Bertz CT molecular complexity index is 783. The zero-order valence-corrected chi connectivity index (χ0v) is 11.6. The Morgan fingerprint density at radius 3 is 2.83 bits per heavy atom. The zero-order valence-electron chi connectivity index (χ0n) is 9.24. The highest BCUT2D eigenvalue weighted by Crippen LogP contribution is 2.33. The number of imidazole rings is 1. The lowest BCUT2D eigenvalue weighted by Gasteiger charge is -1.89. The minimum Gasteiger partial charge on any atom is -0.369 e. The number of rotatable bonds is 1. The summed E-state index contributed by atoms with van der Waals surface area (Å²) in [7, 11) is 0. The molecule has 18 heavy (non-hydrogen) atoms. The SMILES string of the molecule is Cc1cc(-c2nc3nc(N)[nH]c(=O)c3[nH]2)sc1Br. The van der Waals surface area contributed by atoms with Crippen molar-refractivity contribution in [2.45, 2.75) is 6.92 Å². The monoisotopic (exact) mass is 325 g/mol. The average Bonchev–Trinajstić information content (AvgIpc) is 2.84. The van der Waals surface area contributed by atoms with Gasteiger partial charge in [-0.05, 0) is 34.5 Å². The van der Waals surface area contributed by atoms with E-state index in [1.807, 2.05) is 13.0 Å². The van der Waals surface area contributed by atoms with Gasteiger partial charge in [-0.25, -0.2) is 4.98 Å². The Balaban J connectivity index is 2.25. The lowest BCUT2D eigenvalue weighted by molar-refractivity contribution is 1.17. The van der Waals surface area contributed by atoms with E-state index in [0.717, 1.165) is 14.2 Å². The molecule has 0 saturated heterocycles. The molecule has 0 unspecified atom stereocenters. The van der Waals surface area contributed by atoms with Crippen LogP contribution in [-0.2, 0) is 0 Å². The number of fused-ring (bicyclic) bond motifs is 1. The Morgan fingerprint density at radius 1 is 1.39 bits per heavy atom. The molecule has 0 spiro atoms. The molecule has 3 aromatic heterocycles. The normalized spacial score (nSPS) is 11.2. The average molecular weight is 326 g/mol. The number of halogens is 1. The molecule has 0 aliphatic heterocycles. The van der Waals surface area contributed by atoms with Crippen molar-refractivity contribution in [2.75, 3.05) is 5.73 Å². The van der Waals surface area contributed by atoms with Gasteiger partial charge in [-0.15, -0.1) is 11.3 Å². The Morgan fingerprint density at radius 2 is 2.17 bits per heavy atom. The number of aromatic nitrogens is 4. The summed E-state index contributed by atoms with van der Waals surface area (Å²) in [6.07, 6.45) is 0. The molecule has 0 bridgehead atoms. The smallest absolute Gasteiger partial charge is 0.278 e. The number of nitrogen functional groups attached to an aromatic ring is 1. The summed E-state index contributed by atoms with van der Waals surface area (Å²) >= 11 is 5.00. The molecule has 0 atom stereocenters. The molecule has 3 heterocycles. The molecule has 3 rings (SSSR count). The van der Waals surface area contributed by atoms with Crippen LogP contribution >= 0.6 is 27.3 Å². The lowest BCUT2D eigenvalue weighted by atomic mass is 10.3. The number of thiophene rings is 1. The van der Waals surface area contributed by atoms with Crippen molar-refractivity contribution in [3.05, 3.63) is 25.8 Å².